The number of ether oxygens (including phenoxy) is 2. The van der Waals surface area contributed by atoms with E-state index in [2.05, 4.69) is 0 Å². The summed E-state index contributed by atoms with van der Waals surface area (Å²) >= 11 is 6.05. The number of hydrogen-bond acceptors (Lipinski definition) is 6. The summed E-state index contributed by atoms with van der Waals surface area (Å²) in [5.74, 6) is -2.19. The summed E-state index contributed by atoms with van der Waals surface area (Å²) in [5.41, 5.74) is -1.16. The number of nitrogens with one attached hydrogen (secondary N) is 1. The number of rotatable bonds is 5. The van der Waals surface area contributed by atoms with Crippen molar-refractivity contribution in [2.45, 2.75) is 32.5 Å². The third kappa shape index (κ3) is 5.94. The molecule has 0 aromatic heterocycles. The summed E-state index contributed by atoms with van der Waals surface area (Å²) in [6.07, 6.45) is -0.906. The van der Waals surface area contributed by atoms with Gasteiger partial charge in [0, 0.05) is 20.2 Å². The van der Waals surface area contributed by atoms with Crippen LogP contribution in [0.5, 0.6) is 5.75 Å². The predicted molar refractivity (Wildman–Crippen MR) is 104 cm³/mol. The van der Waals surface area contributed by atoms with Gasteiger partial charge in [0.25, 0.3) is 5.91 Å². The number of benzene rings is 1. The lowest BCUT2D eigenvalue weighted by atomic mass is 10.1. The van der Waals surface area contributed by atoms with Crippen LogP contribution in [0.2, 0.25) is 5.02 Å². The Morgan fingerprint density at radius 1 is 1.28 bits per heavy atom. The quantitative estimate of drug-likeness (QED) is 0.734. The second-order valence-electron chi connectivity index (χ2n) is 7.61. The fourth-order valence-electron chi connectivity index (χ4n) is 2.22. The van der Waals surface area contributed by atoms with Gasteiger partial charge in [-0.05, 0) is 26.8 Å². The molecule has 1 heterocycles. The van der Waals surface area contributed by atoms with Crippen molar-refractivity contribution in [3.05, 3.63) is 28.5 Å². The van der Waals surface area contributed by atoms with Crippen LogP contribution in [0, 0.1) is 5.82 Å². The SMILES string of the molecule is CN(C)S(=O)(=O)NC(=O)c1cc(Cl)c(OC2CN(C(=O)OC(C)(C)C)C2)cc1F. The molecule has 0 atom stereocenters. The van der Waals surface area contributed by atoms with Gasteiger partial charge in [-0.25, -0.2) is 13.9 Å². The van der Waals surface area contributed by atoms with Gasteiger partial charge in [-0.2, -0.15) is 12.7 Å². The molecule has 1 fully saturated rings. The van der Waals surface area contributed by atoms with E-state index in [1.165, 1.54) is 19.0 Å². The average molecular weight is 452 g/mol. The standard InChI is InChI=1S/C17H23ClFN3O6S/c1-17(2,3)28-16(24)22-8-10(9-22)27-14-7-13(19)11(6-12(14)18)15(23)20-29(25,26)21(4)5/h6-7,10H,8-9H2,1-5H3,(H,20,23). The van der Waals surface area contributed by atoms with Crippen LogP contribution >= 0.6 is 11.6 Å². The van der Waals surface area contributed by atoms with E-state index in [0.717, 1.165) is 16.4 Å². The third-order valence-electron chi connectivity index (χ3n) is 3.76. The lowest BCUT2D eigenvalue weighted by Gasteiger charge is -2.39. The van der Waals surface area contributed by atoms with Crippen LogP contribution in [0.3, 0.4) is 0 Å². The summed E-state index contributed by atoms with van der Waals surface area (Å²) in [6, 6.07) is 1.88. The summed E-state index contributed by atoms with van der Waals surface area (Å²) in [5, 5.41) is -0.0745. The molecule has 0 aliphatic carbocycles. The molecule has 162 valence electrons. The summed E-state index contributed by atoms with van der Waals surface area (Å²) in [4.78, 5) is 25.4. The zero-order valence-corrected chi connectivity index (χ0v) is 18.2. The van der Waals surface area contributed by atoms with Gasteiger partial charge in [0.1, 0.15) is 23.3 Å². The highest BCUT2D eigenvalue weighted by molar-refractivity contribution is 7.87. The van der Waals surface area contributed by atoms with Crippen LogP contribution in [-0.4, -0.2) is 68.5 Å². The van der Waals surface area contributed by atoms with E-state index in [4.69, 9.17) is 21.1 Å². The molecule has 0 saturated carbocycles. The number of hydrogen-bond donors (Lipinski definition) is 1. The van der Waals surface area contributed by atoms with Crippen LogP contribution in [-0.2, 0) is 14.9 Å². The molecule has 2 amide bonds. The van der Waals surface area contributed by atoms with E-state index in [-0.39, 0.29) is 23.9 Å². The molecule has 0 bridgehead atoms. The average Bonchev–Trinajstić information content (AvgIpc) is 2.50. The summed E-state index contributed by atoms with van der Waals surface area (Å²) in [6.45, 7) is 5.72. The molecule has 1 saturated heterocycles. The van der Waals surface area contributed by atoms with Crippen LogP contribution in [0.1, 0.15) is 31.1 Å². The third-order valence-corrected chi connectivity index (χ3v) is 5.46. The number of halogens is 2. The molecular weight excluding hydrogens is 429 g/mol. The Balaban J connectivity index is 2.02. The largest absolute Gasteiger partial charge is 0.485 e. The van der Waals surface area contributed by atoms with Crippen LogP contribution in [0.4, 0.5) is 9.18 Å². The van der Waals surface area contributed by atoms with Crippen molar-refractivity contribution in [2.75, 3.05) is 27.2 Å². The topological polar surface area (TPSA) is 105 Å². The highest BCUT2D eigenvalue weighted by atomic mass is 35.5. The second-order valence-corrected chi connectivity index (χ2v) is 9.90. The smallest absolute Gasteiger partial charge is 0.410 e. The van der Waals surface area contributed by atoms with Crippen LogP contribution < -0.4 is 9.46 Å². The first-order valence-electron chi connectivity index (χ1n) is 8.58. The molecule has 12 heteroatoms. The first-order valence-corrected chi connectivity index (χ1v) is 10.4. The maximum Gasteiger partial charge on any atom is 0.410 e. The zero-order chi connectivity index (χ0) is 22.1. The van der Waals surface area contributed by atoms with Gasteiger partial charge < -0.3 is 14.4 Å². The maximum atomic E-state index is 14.3. The van der Waals surface area contributed by atoms with Crippen molar-refractivity contribution in [1.29, 1.82) is 0 Å². The number of carbonyl (C=O) groups is 2. The molecule has 1 N–H and O–H groups in total. The molecule has 9 nitrogen and oxygen atoms in total. The Kier molecular flexibility index (Phi) is 6.65. The minimum absolute atomic E-state index is 0.0231. The first kappa shape index (κ1) is 23.2. The Morgan fingerprint density at radius 2 is 1.86 bits per heavy atom. The van der Waals surface area contributed by atoms with Crippen molar-refractivity contribution in [3.63, 3.8) is 0 Å². The molecule has 1 aliphatic heterocycles. The van der Waals surface area contributed by atoms with Gasteiger partial charge in [0.2, 0.25) is 0 Å². The Labute approximate surface area is 173 Å². The van der Waals surface area contributed by atoms with E-state index in [1.54, 1.807) is 25.5 Å². The van der Waals surface area contributed by atoms with Crippen molar-refractivity contribution in [3.8, 4) is 5.75 Å². The number of likely N-dealkylation sites (tertiary alicyclic amines) is 1. The lowest BCUT2D eigenvalue weighted by molar-refractivity contribution is -0.0222. The van der Waals surface area contributed by atoms with Crippen molar-refractivity contribution >= 4 is 33.8 Å². The molecular formula is C17H23ClFN3O6S. The van der Waals surface area contributed by atoms with Crippen molar-refractivity contribution < 1.29 is 31.9 Å². The van der Waals surface area contributed by atoms with E-state index in [1.807, 2.05) is 0 Å². The van der Waals surface area contributed by atoms with E-state index >= 15 is 0 Å². The fraction of sp³-hybridized carbons (Fsp3) is 0.529. The molecule has 1 aromatic carbocycles. The monoisotopic (exact) mass is 451 g/mol. The van der Waals surface area contributed by atoms with Crippen LogP contribution in [0.15, 0.2) is 12.1 Å². The summed E-state index contributed by atoms with van der Waals surface area (Å²) in [7, 11) is -1.65. The van der Waals surface area contributed by atoms with Gasteiger partial charge in [0.15, 0.2) is 0 Å². The molecule has 0 radical (unpaired) electrons. The molecule has 1 aromatic rings. The highest BCUT2D eigenvalue weighted by Crippen LogP contribution is 2.30. The number of nitrogens with zero attached hydrogens (tertiary/aromatic N) is 2. The molecule has 29 heavy (non-hydrogen) atoms. The molecule has 1 aliphatic rings. The Morgan fingerprint density at radius 3 is 2.38 bits per heavy atom. The number of carbonyl (C=O) groups excluding carboxylic acids is 2. The Bertz CT molecular complexity index is 910. The van der Waals surface area contributed by atoms with Gasteiger partial charge in [-0.15, -0.1) is 0 Å². The fourth-order valence-corrected chi connectivity index (χ4v) is 2.96. The predicted octanol–water partition coefficient (Wildman–Crippen LogP) is 2.01. The highest BCUT2D eigenvalue weighted by Gasteiger charge is 2.35. The van der Waals surface area contributed by atoms with Crippen molar-refractivity contribution in [1.82, 2.24) is 13.9 Å². The van der Waals surface area contributed by atoms with E-state index in [0.29, 0.717) is 0 Å². The molecule has 0 unspecified atom stereocenters. The minimum Gasteiger partial charge on any atom is -0.485 e. The normalized spacial score (nSPS) is 15.1. The van der Waals surface area contributed by atoms with Gasteiger partial charge in [-0.1, -0.05) is 11.6 Å². The molecule has 2 rings (SSSR count). The Hall–Kier alpha value is -2.11. The van der Waals surface area contributed by atoms with E-state index in [9.17, 15) is 22.4 Å². The summed E-state index contributed by atoms with van der Waals surface area (Å²) < 4.78 is 51.0. The zero-order valence-electron chi connectivity index (χ0n) is 16.7. The van der Waals surface area contributed by atoms with E-state index < -0.39 is 45.3 Å². The maximum absolute atomic E-state index is 14.3. The second kappa shape index (κ2) is 8.33. The lowest BCUT2D eigenvalue weighted by Crippen LogP contribution is -2.57. The minimum atomic E-state index is -4.08. The number of amides is 2. The van der Waals surface area contributed by atoms with Crippen molar-refractivity contribution in [2.24, 2.45) is 0 Å². The van der Waals surface area contributed by atoms with Gasteiger partial charge >= 0.3 is 16.3 Å². The van der Waals surface area contributed by atoms with Crippen LogP contribution in [0.25, 0.3) is 0 Å². The molecule has 0 spiro atoms. The van der Waals surface area contributed by atoms with Gasteiger partial charge in [-0.3, -0.25) is 4.79 Å². The first-order chi connectivity index (χ1) is 13.2. The van der Waals surface area contributed by atoms with Gasteiger partial charge in [0.05, 0.1) is 23.7 Å².